The van der Waals surface area contributed by atoms with Gasteiger partial charge in [-0.25, -0.2) is 0 Å². The van der Waals surface area contributed by atoms with Crippen LogP contribution in [0, 0.1) is 5.92 Å². The zero-order valence-electron chi connectivity index (χ0n) is 12.0. The van der Waals surface area contributed by atoms with Crippen molar-refractivity contribution < 1.29 is 4.79 Å². The Kier molecular flexibility index (Phi) is 3.65. The first-order valence-electron chi connectivity index (χ1n) is 7.41. The number of aryl methyl sites for hydroxylation is 1. The highest BCUT2D eigenvalue weighted by atomic mass is 16.2. The smallest absolute Gasteiger partial charge is 0.225 e. The minimum absolute atomic E-state index is 0.162. The highest BCUT2D eigenvalue weighted by molar-refractivity contribution is 5.79. The molecule has 0 radical (unpaired) electrons. The third kappa shape index (κ3) is 2.65. The number of carbonyl (C=O) groups is 1. The number of rotatable bonds is 2. The van der Waals surface area contributed by atoms with Crippen LogP contribution in [0.2, 0.25) is 0 Å². The molecule has 1 saturated carbocycles. The average molecular weight is 277 g/mol. The number of aromatic nitrogens is 2. The maximum absolute atomic E-state index is 12.4. The first-order chi connectivity index (χ1) is 9.63. The number of piperazine rings is 1. The molecule has 1 amide bonds. The van der Waals surface area contributed by atoms with E-state index in [0.717, 1.165) is 51.1 Å². The highest BCUT2D eigenvalue weighted by Gasteiger charge is 2.32. The number of carbonyl (C=O) groups excluding carboxylic acids is 1. The SMILES string of the molecule is Cn1cc(N2CCN(C(=O)C3CCC(N)C3)CC2)cn1. The monoisotopic (exact) mass is 277 g/mol. The van der Waals surface area contributed by atoms with E-state index in [1.807, 2.05) is 29.0 Å². The molecule has 1 aliphatic carbocycles. The van der Waals surface area contributed by atoms with E-state index in [9.17, 15) is 4.79 Å². The number of hydrogen-bond acceptors (Lipinski definition) is 4. The van der Waals surface area contributed by atoms with Crippen molar-refractivity contribution in [2.24, 2.45) is 18.7 Å². The first kappa shape index (κ1) is 13.4. The van der Waals surface area contributed by atoms with E-state index >= 15 is 0 Å². The number of hydrogen-bond donors (Lipinski definition) is 1. The van der Waals surface area contributed by atoms with Crippen molar-refractivity contribution in [1.82, 2.24) is 14.7 Å². The average Bonchev–Trinajstić information content (AvgIpc) is 3.07. The molecular weight excluding hydrogens is 254 g/mol. The van der Waals surface area contributed by atoms with Crippen molar-refractivity contribution in [3.05, 3.63) is 12.4 Å². The molecule has 2 heterocycles. The van der Waals surface area contributed by atoms with Crippen LogP contribution in [0.5, 0.6) is 0 Å². The van der Waals surface area contributed by atoms with Crippen LogP contribution >= 0.6 is 0 Å². The van der Waals surface area contributed by atoms with Gasteiger partial charge in [0, 0.05) is 51.4 Å². The second-order valence-corrected chi connectivity index (χ2v) is 5.95. The lowest BCUT2D eigenvalue weighted by Gasteiger charge is -2.36. The van der Waals surface area contributed by atoms with Gasteiger partial charge in [0.15, 0.2) is 0 Å². The van der Waals surface area contributed by atoms with Crippen LogP contribution in [-0.4, -0.2) is 52.8 Å². The summed E-state index contributed by atoms with van der Waals surface area (Å²) in [5.74, 6) is 0.471. The van der Waals surface area contributed by atoms with Gasteiger partial charge < -0.3 is 15.5 Å². The zero-order valence-corrected chi connectivity index (χ0v) is 12.0. The Morgan fingerprint density at radius 2 is 2.05 bits per heavy atom. The Labute approximate surface area is 119 Å². The molecule has 6 heteroatoms. The lowest BCUT2D eigenvalue weighted by Crippen LogP contribution is -2.50. The molecule has 1 aliphatic heterocycles. The van der Waals surface area contributed by atoms with E-state index in [1.165, 1.54) is 0 Å². The van der Waals surface area contributed by atoms with Gasteiger partial charge in [-0.2, -0.15) is 5.10 Å². The lowest BCUT2D eigenvalue weighted by molar-refractivity contribution is -0.135. The van der Waals surface area contributed by atoms with Crippen LogP contribution in [-0.2, 0) is 11.8 Å². The van der Waals surface area contributed by atoms with Gasteiger partial charge in [0.1, 0.15) is 0 Å². The third-order valence-corrected chi connectivity index (χ3v) is 4.47. The Balaban J connectivity index is 1.54. The Bertz CT molecular complexity index is 478. The van der Waals surface area contributed by atoms with Gasteiger partial charge in [-0.05, 0) is 19.3 Å². The molecule has 0 bridgehead atoms. The molecule has 20 heavy (non-hydrogen) atoms. The summed E-state index contributed by atoms with van der Waals surface area (Å²) in [4.78, 5) is 16.7. The van der Waals surface area contributed by atoms with Crippen LogP contribution < -0.4 is 10.6 Å². The molecule has 2 unspecified atom stereocenters. The van der Waals surface area contributed by atoms with Crippen LogP contribution in [0.4, 0.5) is 5.69 Å². The topological polar surface area (TPSA) is 67.4 Å². The summed E-state index contributed by atoms with van der Waals surface area (Å²) in [6.45, 7) is 3.38. The van der Waals surface area contributed by atoms with E-state index in [2.05, 4.69) is 10.00 Å². The molecule has 1 aromatic heterocycles. The van der Waals surface area contributed by atoms with Gasteiger partial charge in [-0.1, -0.05) is 0 Å². The van der Waals surface area contributed by atoms with Gasteiger partial charge in [-0.15, -0.1) is 0 Å². The molecule has 2 N–H and O–H groups in total. The van der Waals surface area contributed by atoms with E-state index < -0.39 is 0 Å². The van der Waals surface area contributed by atoms with Crippen LogP contribution in [0.1, 0.15) is 19.3 Å². The maximum atomic E-state index is 12.4. The fourth-order valence-electron chi connectivity index (χ4n) is 3.26. The van der Waals surface area contributed by atoms with E-state index in [0.29, 0.717) is 5.91 Å². The maximum Gasteiger partial charge on any atom is 0.225 e. The predicted molar refractivity (Wildman–Crippen MR) is 77.3 cm³/mol. The summed E-state index contributed by atoms with van der Waals surface area (Å²) < 4.78 is 1.81. The molecule has 2 fully saturated rings. The molecule has 6 nitrogen and oxygen atoms in total. The lowest BCUT2D eigenvalue weighted by atomic mass is 10.1. The standard InChI is InChI=1S/C14H23N5O/c1-17-10-13(9-16-17)18-4-6-19(7-5-18)14(20)11-2-3-12(15)8-11/h9-12H,2-8,15H2,1H3. The molecule has 1 saturated heterocycles. The normalized spacial score (nSPS) is 27.1. The molecule has 2 atom stereocenters. The van der Waals surface area contributed by atoms with E-state index in [1.54, 1.807) is 0 Å². The number of nitrogens with zero attached hydrogens (tertiary/aromatic N) is 4. The molecule has 0 aromatic carbocycles. The minimum atomic E-state index is 0.162. The summed E-state index contributed by atoms with van der Waals surface area (Å²) in [5.41, 5.74) is 7.05. The summed E-state index contributed by atoms with van der Waals surface area (Å²) in [5, 5.41) is 4.20. The molecular formula is C14H23N5O. The van der Waals surface area contributed by atoms with E-state index in [4.69, 9.17) is 5.73 Å². The van der Waals surface area contributed by atoms with Crippen molar-refractivity contribution in [3.63, 3.8) is 0 Å². The fraction of sp³-hybridized carbons (Fsp3) is 0.714. The molecule has 1 aromatic rings. The molecule has 110 valence electrons. The predicted octanol–water partition coefficient (Wildman–Crippen LogP) is 0.196. The molecule has 2 aliphatic rings. The molecule has 0 spiro atoms. The highest BCUT2D eigenvalue weighted by Crippen LogP contribution is 2.26. The van der Waals surface area contributed by atoms with Crippen molar-refractivity contribution in [1.29, 1.82) is 0 Å². The van der Waals surface area contributed by atoms with Crippen LogP contribution in [0.3, 0.4) is 0 Å². The van der Waals surface area contributed by atoms with E-state index in [-0.39, 0.29) is 12.0 Å². The van der Waals surface area contributed by atoms with Gasteiger partial charge in [0.25, 0.3) is 0 Å². The Morgan fingerprint density at radius 3 is 2.60 bits per heavy atom. The van der Waals surface area contributed by atoms with Crippen LogP contribution in [0.25, 0.3) is 0 Å². The number of nitrogens with two attached hydrogens (primary N) is 1. The van der Waals surface area contributed by atoms with Crippen molar-refractivity contribution in [3.8, 4) is 0 Å². The summed E-state index contributed by atoms with van der Waals surface area (Å²) in [6, 6.07) is 0.223. The first-order valence-corrected chi connectivity index (χ1v) is 7.41. The van der Waals surface area contributed by atoms with Crippen molar-refractivity contribution in [2.45, 2.75) is 25.3 Å². The van der Waals surface area contributed by atoms with Crippen molar-refractivity contribution in [2.75, 3.05) is 31.1 Å². The molecule has 3 rings (SSSR count). The van der Waals surface area contributed by atoms with Crippen molar-refractivity contribution >= 4 is 11.6 Å². The van der Waals surface area contributed by atoms with Gasteiger partial charge in [0.2, 0.25) is 5.91 Å². The van der Waals surface area contributed by atoms with Gasteiger partial charge in [-0.3, -0.25) is 9.48 Å². The Morgan fingerprint density at radius 1 is 1.30 bits per heavy atom. The summed E-state index contributed by atoms with van der Waals surface area (Å²) in [6.07, 6.45) is 6.72. The summed E-state index contributed by atoms with van der Waals surface area (Å²) >= 11 is 0. The Hall–Kier alpha value is -1.56. The van der Waals surface area contributed by atoms with Crippen LogP contribution in [0.15, 0.2) is 12.4 Å². The fourth-order valence-corrected chi connectivity index (χ4v) is 3.26. The minimum Gasteiger partial charge on any atom is -0.365 e. The zero-order chi connectivity index (χ0) is 14.1. The van der Waals surface area contributed by atoms with Gasteiger partial charge in [0.05, 0.1) is 11.9 Å². The second-order valence-electron chi connectivity index (χ2n) is 5.95. The third-order valence-electron chi connectivity index (χ3n) is 4.47. The second kappa shape index (κ2) is 5.44. The van der Waals surface area contributed by atoms with Gasteiger partial charge >= 0.3 is 0 Å². The summed E-state index contributed by atoms with van der Waals surface area (Å²) in [7, 11) is 1.92. The number of anilines is 1. The largest absolute Gasteiger partial charge is 0.365 e. The quantitative estimate of drug-likeness (QED) is 0.838. The number of amides is 1.